The number of ketones is 1. The van der Waals surface area contributed by atoms with Gasteiger partial charge in [-0.2, -0.15) is 0 Å². The Bertz CT molecular complexity index is 572. The molecule has 0 aromatic heterocycles. The normalized spacial score (nSPS) is 12.4. The highest BCUT2D eigenvalue weighted by molar-refractivity contribution is 6.10. The Balaban J connectivity index is 2.63. The minimum Gasteiger partial charge on any atom is -0.496 e. The van der Waals surface area contributed by atoms with E-state index < -0.39 is 0 Å². The molecule has 94 valence electrons. The second-order valence-electron chi connectivity index (χ2n) is 4.53. The van der Waals surface area contributed by atoms with Gasteiger partial charge in [0.05, 0.1) is 7.11 Å². The van der Waals surface area contributed by atoms with E-state index >= 15 is 0 Å². The number of ether oxygens (including phenoxy) is 1. The maximum atomic E-state index is 12.3. The standard InChI is InChI=1S/C16H18O2/c1-4-11(2)16(17)14-9-10-15(18-3)13-8-6-5-7-12(13)14/h5-11H,4H2,1-3H3. The summed E-state index contributed by atoms with van der Waals surface area (Å²) < 4.78 is 5.34. The summed E-state index contributed by atoms with van der Waals surface area (Å²) in [6.45, 7) is 4.01. The number of hydrogen-bond donors (Lipinski definition) is 0. The fourth-order valence-corrected chi connectivity index (χ4v) is 2.12. The van der Waals surface area contributed by atoms with Crippen LogP contribution in [0.2, 0.25) is 0 Å². The highest BCUT2D eigenvalue weighted by atomic mass is 16.5. The van der Waals surface area contributed by atoms with Gasteiger partial charge >= 0.3 is 0 Å². The minimum absolute atomic E-state index is 0.0572. The Morgan fingerprint density at radius 3 is 2.44 bits per heavy atom. The molecule has 18 heavy (non-hydrogen) atoms. The molecule has 0 bridgehead atoms. The summed E-state index contributed by atoms with van der Waals surface area (Å²) >= 11 is 0. The average Bonchev–Trinajstić information content (AvgIpc) is 2.44. The van der Waals surface area contributed by atoms with Crippen molar-refractivity contribution in [2.45, 2.75) is 20.3 Å². The first kappa shape index (κ1) is 12.6. The molecule has 2 nitrogen and oxygen atoms in total. The third kappa shape index (κ3) is 2.10. The number of carbonyl (C=O) groups excluding carboxylic acids is 1. The third-order valence-electron chi connectivity index (χ3n) is 3.43. The Kier molecular flexibility index (Phi) is 3.66. The fraction of sp³-hybridized carbons (Fsp3) is 0.312. The van der Waals surface area contributed by atoms with Crippen LogP contribution in [0.15, 0.2) is 36.4 Å². The summed E-state index contributed by atoms with van der Waals surface area (Å²) in [4.78, 5) is 12.3. The highest BCUT2D eigenvalue weighted by Gasteiger charge is 2.17. The van der Waals surface area contributed by atoms with E-state index in [4.69, 9.17) is 4.74 Å². The molecule has 0 amide bonds. The van der Waals surface area contributed by atoms with Crippen molar-refractivity contribution in [2.24, 2.45) is 5.92 Å². The molecule has 1 unspecified atom stereocenters. The molecule has 0 aliphatic heterocycles. The van der Waals surface area contributed by atoms with Gasteiger partial charge in [0.25, 0.3) is 0 Å². The van der Waals surface area contributed by atoms with Gasteiger partial charge in [-0.1, -0.05) is 38.1 Å². The molecule has 0 radical (unpaired) electrons. The lowest BCUT2D eigenvalue weighted by molar-refractivity contribution is 0.0929. The molecular weight excluding hydrogens is 224 g/mol. The predicted octanol–water partition coefficient (Wildman–Crippen LogP) is 4.08. The van der Waals surface area contributed by atoms with Crippen LogP contribution in [0, 0.1) is 5.92 Å². The summed E-state index contributed by atoms with van der Waals surface area (Å²) in [5, 5.41) is 1.97. The number of benzene rings is 2. The number of Topliss-reactive ketones (excluding diaryl/α,β-unsaturated/α-hetero) is 1. The fourth-order valence-electron chi connectivity index (χ4n) is 2.12. The lowest BCUT2D eigenvalue weighted by atomic mass is 9.93. The van der Waals surface area contributed by atoms with E-state index in [-0.39, 0.29) is 11.7 Å². The molecule has 0 saturated heterocycles. The zero-order chi connectivity index (χ0) is 13.1. The molecule has 2 rings (SSSR count). The molecule has 0 fully saturated rings. The molecule has 2 aromatic carbocycles. The molecule has 0 spiro atoms. The smallest absolute Gasteiger partial charge is 0.166 e. The van der Waals surface area contributed by atoms with E-state index in [9.17, 15) is 4.79 Å². The van der Waals surface area contributed by atoms with Gasteiger partial charge in [0.1, 0.15) is 5.75 Å². The summed E-state index contributed by atoms with van der Waals surface area (Å²) in [6, 6.07) is 11.6. The van der Waals surface area contributed by atoms with Crippen molar-refractivity contribution < 1.29 is 9.53 Å². The summed E-state index contributed by atoms with van der Waals surface area (Å²) in [5.41, 5.74) is 0.792. The van der Waals surface area contributed by atoms with E-state index in [1.54, 1.807) is 7.11 Å². The van der Waals surface area contributed by atoms with Crippen molar-refractivity contribution in [3.05, 3.63) is 42.0 Å². The van der Waals surface area contributed by atoms with E-state index in [2.05, 4.69) is 0 Å². The van der Waals surface area contributed by atoms with Gasteiger partial charge in [0.2, 0.25) is 0 Å². The van der Waals surface area contributed by atoms with E-state index in [1.807, 2.05) is 50.2 Å². The molecule has 0 heterocycles. The first-order chi connectivity index (χ1) is 8.69. The number of methoxy groups -OCH3 is 1. The first-order valence-corrected chi connectivity index (χ1v) is 6.29. The van der Waals surface area contributed by atoms with Gasteiger partial charge in [-0.3, -0.25) is 4.79 Å². The number of rotatable bonds is 4. The number of fused-ring (bicyclic) bond motifs is 1. The largest absolute Gasteiger partial charge is 0.496 e. The van der Waals surface area contributed by atoms with Crippen LogP contribution in [0.3, 0.4) is 0 Å². The van der Waals surface area contributed by atoms with Gasteiger partial charge in [0.15, 0.2) is 5.78 Å². The Morgan fingerprint density at radius 1 is 1.17 bits per heavy atom. The van der Waals surface area contributed by atoms with Crippen LogP contribution in [0.1, 0.15) is 30.6 Å². The van der Waals surface area contributed by atoms with Crippen molar-refractivity contribution in [3.63, 3.8) is 0 Å². The zero-order valence-corrected chi connectivity index (χ0v) is 11.1. The number of hydrogen-bond acceptors (Lipinski definition) is 2. The van der Waals surface area contributed by atoms with Crippen molar-refractivity contribution in [1.29, 1.82) is 0 Å². The van der Waals surface area contributed by atoms with Crippen molar-refractivity contribution in [2.75, 3.05) is 7.11 Å². The zero-order valence-electron chi connectivity index (χ0n) is 11.1. The molecule has 0 N–H and O–H groups in total. The van der Waals surface area contributed by atoms with Crippen LogP contribution in [0.4, 0.5) is 0 Å². The van der Waals surface area contributed by atoms with Crippen molar-refractivity contribution in [1.82, 2.24) is 0 Å². The maximum absolute atomic E-state index is 12.3. The lowest BCUT2D eigenvalue weighted by Gasteiger charge is -2.12. The highest BCUT2D eigenvalue weighted by Crippen LogP contribution is 2.29. The monoisotopic (exact) mass is 242 g/mol. The molecule has 2 aromatic rings. The number of carbonyl (C=O) groups is 1. The Labute approximate surface area is 108 Å². The predicted molar refractivity (Wildman–Crippen MR) is 74.3 cm³/mol. The Morgan fingerprint density at radius 2 is 1.83 bits per heavy atom. The summed E-state index contributed by atoms with van der Waals surface area (Å²) in [7, 11) is 1.65. The molecule has 1 atom stereocenters. The van der Waals surface area contributed by atoms with Gasteiger partial charge in [0, 0.05) is 16.9 Å². The lowest BCUT2D eigenvalue weighted by Crippen LogP contribution is -2.10. The second kappa shape index (κ2) is 5.21. The van der Waals surface area contributed by atoms with Crippen LogP contribution in [0.5, 0.6) is 5.75 Å². The van der Waals surface area contributed by atoms with E-state index in [0.717, 1.165) is 28.5 Å². The minimum atomic E-state index is 0.0572. The van der Waals surface area contributed by atoms with Gasteiger partial charge in [-0.15, -0.1) is 0 Å². The van der Waals surface area contributed by atoms with Gasteiger partial charge in [-0.05, 0) is 23.9 Å². The van der Waals surface area contributed by atoms with Gasteiger partial charge in [-0.25, -0.2) is 0 Å². The Hall–Kier alpha value is -1.83. The molecule has 0 aliphatic carbocycles. The summed E-state index contributed by atoms with van der Waals surface area (Å²) in [6.07, 6.45) is 0.860. The van der Waals surface area contributed by atoms with Gasteiger partial charge < -0.3 is 4.74 Å². The quantitative estimate of drug-likeness (QED) is 0.755. The van der Waals surface area contributed by atoms with Crippen molar-refractivity contribution >= 4 is 16.6 Å². The molecule has 2 heteroatoms. The molecule has 0 saturated carbocycles. The maximum Gasteiger partial charge on any atom is 0.166 e. The van der Waals surface area contributed by atoms with Crippen LogP contribution >= 0.6 is 0 Å². The third-order valence-corrected chi connectivity index (χ3v) is 3.43. The SMILES string of the molecule is CCC(C)C(=O)c1ccc(OC)c2ccccc12. The van der Waals surface area contributed by atoms with Crippen LogP contribution in [0.25, 0.3) is 10.8 Å². The second-order valence-corrected chi connectivity index (χ2v) is 4.53. The van der Waals surface area contributed by atoms with Crippen molar-refractivity contribution in [3.8, 4) is 5.75 Å². The first-order valence-electron chi connectivity index (χ1n) is 6.29. The van der Waals surface area contributed by atoms with E-state index in [1.165, 1.54) is 0 Å². The van der Waals surface area contributed by atoms with Crippen LogP contribution in [-0.2, 0) is 0 Å². The average molecular weight is 242 g/mol. The summed E-state index contributed by atoms with van der Waals surface area (Å²) in [5.74, 6) is 1.07. The molecule has 0 aliphatic rings. The van der Waals surface area contributed by atoms with Crippen LogP contribution < -0.4 is 4.74 Å². The van der Waals surface area contributed by atoms with E-state index in [0.29, 0.717) is 0 Å². The molecular formula is C16H18O2. The topological polar surface area (TPSA) is 26.3 Å². The van der Waals surface area contributed by atoms with Crippen LogP contribution in [-0.4, -0.2) is 12.9 Å².